The van der Waals surface area contributed by atoms with Crippen LogP contribution in [0.4, 0.5) is 23.7 Å². The Bertz CT molecular complexity index is 820. The lowest BCUT2D eigenvalue weighted by Crippen LogP contribution is -2.52. The molecule has 0 atom stereocenters. The predicted octanol–water partition coefficient (Wildman–Crippen LogP) is 1.91. The zero-order valence-electron chi connectivity index (χ0n) is 18.1. The third-order valence-corrected chi connectivity index (χ3v) is 5.51. The van der Waals surface area contributed by atoms with Crippen molar-refractivity contribution < 1.29 is 32.3 Å². The summed E-state index contributed by atoms with van der Waals surface area (Å²) in [6.45, 7) is 2.47. The van der Waals surface area contributed by atoms with Crippen LogP contribution in [-0.2, 0) is 9.59 Å². The Kier molecular flexibility index (Phi) is 8.50. The van der Waals surface area contributed by atoms with E-state index in [1.54, 1.807) is 0 Å². The number of carbonyl (C=O) groups is 3. The van der Waals surface area contributed by atoms with Gasteiger partial charge in [0.1, 0.15) is 5.75 Å². The molecule has 182 valence electrons. The summed E-state index contributed by atoms with van der Waals surface area (Å²) in [6.07, 6.45) is -0.714. The van der Waals surface area contributed by atoms with Crippen molar-refractivity contribution in [1.29, 1.82) is 0 Å². The minimum absolute atomic E-state index is 0.102. The number of hydrogen-bond acceptors (Lipinski definition) is 6. The van der Waals surface area contributed by atoms with E-state index >= 15 is 0 Å². The van der Waals surface area contributed by atoms with E-state index in [0.29, 0.717) is 31.9 Å². The lowest BCUT2D eigenvalue weighted by Gasteiger charge is -2.33. The number of rotatable bonds is 7. The quantitative estimate of drug-likeness (QED) is 0.562. The van der Waals surface area contributed by atoms with Crippen molar-refractivity contribution in [2.45, 2.75) is 38.1 Å². The molecule has 0 aromatic heterocycles. The first-order chi connectivity index (χ1) is 15.7. The van der Waals surface area contributed by atoms with Crippen LogP contribution in [0, 0.1) is 0 Å². The minimum atomic E-state index is -4.77. The number of piperazine rings is 1. The molecule has 1 aliphatic carbocycles. The molecule has 0 radical (unpaired) electrons. The Labute approximate surface area is 189 Å². The van der Waals surface area contributed by atoms with Crippen LogP contribution in [0.2, 0.25) is 0 Å². The molecule has 3 N–H and O–H groups in total. The molecule has 0 spiro atoms. The monoisotopic (exact) mass is 471 g/mol. The lowest BCUT2D eigenvalue weighted by molar-refractivity contribution is -0.274. The van der Waals surface area contributed by atoms with Crippen molar-refractivity contribution in [1.82, 2.24) is 20.4 Å². The summed E-state index contributed by atoms with van der Waals surface area (Å²) in [7, 11) is 0. The van der Waals surface area contributed by atoms with Gasteiger partial charge in [0.05, 0.1) is 13.1 Å². The molecule has 1 aromatic rings. The van der Waals surface area contributed by atoms with Crippen LogP contribution in [0.1, 0.15) is 25.7 Å². The maximum atomic E-state index is 12.2. The fourth-order valence-corrected chi connectivity index (χ4v) is 3.91. The molecule has 33 heavy (non-hydrogen) atoms. The van der Waals surface area contributed by atoms with E-state index in [1.807, 2.05) is 9.80 Å². The number of hydrogen-bond donors (Lipinski definition) is 3. The highest BCUT2D eigenvalue weighted by Gasteiger charge is 2.31. The average molecular weight is 471 g/mol. The average Bonchev–Trinajstić information content (AvgIpc) is 3.22. The number of benzene rings is 1. The normalized spacial score (nSPS) is 18.0. The van der Waals surface area contributed by atoms with Crippen molar-refractivity contribution in [2.75, 3.05) is 44.6 Å². The maximum absolute atomic E-state index is 12.2. The number of imide groups is 1. The highest BCUT2D eigenvalue weighted by molar-refractivity contribution is 5.95. The molecule has 1 heterocycles. The van der Waals surface area contributed by atoms with Gasteiger partial charge in [-0.3, -0.25) is 24.7 Å². The molecule has 9 nitrogen and oxygen atoms in total. The zero-order valence-corrected chi connectivity index (χ0v) is 18.1. The SMILES string of the molecule is O=C(CN1CCN(CC(=O)Nc2ccc(OC(F)(F)F)cc2)CC1)NC(=O)NC1CCCC1. The van der Waals surface area contributed by atoms with E-state index in [9.17, 15) is 27.6 Å². The molecule has 1 saturated carbocycles. The predicted molar refractivity (Wildman–Crippen MR) is 114 cm³/mol. The molecule has 4 amide bonds. The molecule has 3 rings (SSSR count). The summed E-state index contributed by atoms with van der Waals surface area (Å²) in [5.41, 5.74) is 0.362. The van der Waals surface area contributed by atoms with Crippen LogP contribution in [0.3, 0.4) is 0 Å². The van der Waals surface area contributed by atoms with Gasteiger partial charge in [0.15, 0.2) is 0 Å². The smallest absolute Gasteiger partial charge is 0.406 e. The number of ether oxygens (including phenoxy) is 1. The van der Waals surface area contributed by atoms with Crippen molar-refractivity contribution in [2.24, 2.45) is 0 Å². The Morgan fingerprint density at radius 1 is 0.909 bits per heavy atom. The Morgan fingerprint density at radius 3 is 2.00 bits per heavy atom. The largest absolute Gasteiger partial charge is 0.573 e. The third kappa shape index (κ3) is 8.89. The van der Waals surface area contributed by atoms with Crippen LogP contribution in [0.5, 0.6) is 5.75 Å². The fraction of sp³-hybridized carbons (Fsp3) is 0.571. The summed E-state index contributed by atoms with van der Waals surface area (Å²) in [5.74, 6) is -1.03. The Balaban J connectivity index is 1.32. The van der Waals surface area contributed by atoms with Crippen molar-refractivity contribution in [3.05, 3.63) is 24.3 Å². The molecule has 2 aliphatic rings. The molecule has 0 unspecified atom stereocenters. The van der Waals surface area contributed by atoms with E-state index in [2.05, 4.69) is 20.7 Å². The summed E-state index contributed by atoms with van der Waals surface area (Å²) >= 11 is 0. The molecule has 0 bridgehead atoms. The van der Waals surface area contributed by atoms with Crippen molar-refractivity contribution >= 4 is 23.5 Å². The van der Waals surface area contributed by atoms with Crippen molar-refractivity contribution in [3.63, 3.8) is 0 Å². The summed E-state index contributed by atoms with van der Waals surface area (Å²) in [6, 6.07) is 4.59. The zero-order chi connectivity index (χ0) is 23.8. The van der Waals surface area contributed by atoms with Crippen LogP contribution in [0.15, 0.2) is 24.3 Å². The number of urea groups is 1. The van der Waals surface area contributed by atoms with Gasteiger partial charge in [-0.05, 0) is 37.1 Å². The topological polar surface area (TPSA) is 103 Å². The van der Waals surface area contributed by atoms with Crippen LogP contribution < -0.4 is 20.7 Å². The summed E-state index contributed by atoms with van der Waals surface area (Å²) in [4.78, 5) is 40.0. The second-order valence-electron chi connectivity index (χ2n) is 8.18. The first-order valence-electron chi connectivity index (χ1n) is 10.9. The van der Waals surface area contributed by atoms with Crippen molar-refractivity contribution in [3.8, 4) is 5.75 Å². The Morgan fingerprint density at radius 2 is 1.45 bits per heavy atom. The number of alkyl halides is 3. The highest BCUT2D eigenvalue weighted by Crippen LogP contribution is 2.24. The summed E-state index contributed by atoms with van der Waals surface area (Å²) < 4.78 is 40.4. The second kappa shape index (κ2) is 11.3. The van der Waals surface area contributed by atoms with Gasteiger partial charge >= 0.3 is 12.4 Å². The van der Waals surface area contributed by atoms with E-state index in [1.165, 1.54) is 12.1 Å². The first-order valence-corrected chi connectivity index (χ1v) is 10.9. The highest BCUT2D eigenvalue weighted by atomic mass is 19.4. The minimum Gasteiger partial charge on any atom is -0.406 e. The van der Waals surface area contributed by atoms with Gasteiger partial charge in [0, 0.05) is 37.9 Å². The number of amides is 4. The maximum Gasteiger partial charge on any atom is 0.573 e. The molecule has 2 fully saturated rings. The number of nitrogens with zero attached hydrogens (tertiary/aromatic N) is 2. The first kappa shape index (κ1) is 24.8. The number of carbonyl (C=O) groups excluding carboxylic acids is 3. The standard InChI is InChI=1S/C21H28F3N5O4/c22-21(23,24)33-17-7-5-16(6-8-17)25-18(30)13-28-9-11-29(12-10-28)14-19(31)27-20(32)26-15-3-1-2-4-15/h5-8,15H,1-4,9-14H2,(H,25,30)(H2,26,27,31,32). The lowest BCUT2D eigenvalue weighted by atomic mass is 10.2. The van der Waals surface area contributed by atoms with Crippen LogP contribution >= 0.6 is 0 Å². The van der Waals surface area contributed by atoms with Gasteiger partial charge in [-0.1, -0.05) is 12.8 Å². The molecular weight excluding hydrogens is 443 g/mol. The van der Waals surface area contributed by atoms with E-state index < -0.39 is 12.4 Å². The van der Waals surface area contributed by atoms with Gasteiger partial charge in [0.25, 0.3) is 0 Å². The molecule has 1 saturated heterocycles. The number of halogens is 3. The second-order valence-corrected chi connectivity index (χ2v) is 8.18. The van der Waals surface area contributed by atoms with Gasteiger partial charge in [-0.2, -0.15) is 0 Å². The van der Waals surface area contributed by atoms with Gasteiger partial charge in [-0.15, -0.1) is 13.2 Å². The van der Waals surface area contributed by atoms with Gasteiger partial charge < -0.3 is 15.4 Å². The van der Waals surface area contributed by atoms with Gasteiger partial charge in [-0.25, -0.2) is 4.79 Å². The fourth-order valence-electron chi connectivity index (χ4n) is 3.91. The molecular formula is C21H28F3N5O4. The molecule has 12 heteroatoms. The van der Waals surface area contributed by atoms with Gasteiger partial charge in [0.2, 0.25) is 11.8 Å². The summed E-state index contributed by atoms with van der Waals surface area (Å²) in [5, 5.41) is 7.81. The van der Waals surface area contributed by atoms with E-state index in [4.69, 9.17) is 0 Å². The van der Waals surface area contributed by atoms with E-state index in [0.717, 1.165) is 37.8 Å². The van der Waals surface area contributed by atoms with E-state index in [-0.39, 0.29) is 36.7 Å². The Hall–Kier alpha value is -2.86. The number of nitrogens with one attached hydrogen (secondary N) is 3. The van der Waals surface area contributed by atoms with Crippen LogP contribution in [-0.4, -0.2) is 79.3 Å². The third-order valence-electron chi connectivity index (χ3n) is 5.51. The molecule has 1 aliphatic heterocycles. The van der Waals surface area contributed by atoms with Crippen LogP contribution in [0.25, 0.3) is 0 Å². The number of anilines is 1. The molecule has 1 aromatic carbocycles.